The van der Waals surface area contributed by atoms with E-state index < -0.39 is 11.8 Å². The molecule has 0 aliphatic heterocycles. The van der Waals surface area contributed by atoms with E-state index in [4.69, 9.17) is 10.8 Å². The topological polar surface area (TPSA) is 69.8 Å². The second kappa shape index (κ2) is 6.56. The van der Waals surface area contributed by atoms with Crippen LogP contribution in [0.4, 0.5) is 15.8 Å². The van der Waals surface area contributed by atoms with Gasteiger partial charge in [-0.3, -0.25) is 0 Å². The number of halogens is 1. The molecule has 0 bridgehead atoms. The molecule has 0 saturated heterocycles. The van der Waals surface area contributed by atoms with E-state index in [9.17, 15) is 9.18 Å². The molecular formula is C14H22FN3O2. The summed E-state index contributed by atoms with van der Waals surface area (Å²) in [7, 11) is 3.87. The number of carboxylic acid groups (broad SMARTS) is 1. The van der Waals surface area contributed by atoms with E-state index in [0.29, 0.717) is 6.54 Å². The molecule has 1 unspecified atom stereocenters. The van der Waals surface area contributed by atoms with Gasteiger partial charge in [-0.25, -0.2) is 9.18 Å². The van der Waals surface area contributed by atoms with Crippen LogP contribution < -0.4 is 10.6 Å². The summed E-state index contributed by atoms with van der Waals surface area (Å²) in [5.74, 6) is -1.65. The lowest BCUT2D eigenvalue weighted by atomic mass is 10.1. The number of carboxylic acids is 1. The number of hydrogen-bond acceptors (Lipinski definition) is 4. The summed E-state index contributed by atoms with van der Waals surface area (Å²) in [6.07, 6.45) is 0. The highest BCUT2D eigenvalue weighted by molar-refractivity contribution is 5.95. The van der Waals surface area contributed by atoms with Crippen LogP contribution in [0.25, 0.3) is 0 Å². The van der Waals surface area contributed by atoms with Gasteiger partial charge in [-0.2, -0.15) is 0 Å². The Morgan fingerprint density at radius 3 is 2.50 bits per heavy atom. The molecule has 5 nitrogen and oxygen atoms in total. The molecule has 0 radical (unpaired) electrons. The number of hydrogen-bond donors (Lipinski definition) is 2. The van der Waals surface area contributed by atoms with E-state index in [2.05, 4.69) is 0 Å². The Balaban J connectivity index is 3.21. The molecule has 1 atom stereocenters. The predicted molar refractivity (Wildman–Crippen MR) is 78.8 cm³/mol. The van der Waals surface area contributed by atoms with Crippen LogP contribution in [-0.4, -0.2) is 49.2 Å². The standard InChI is InChI=1S/C14H22FN3O2/c1-5-18(9(2)8-17(3)4)13-6-10(14(19)20)12(16)7-11(13)15/h6-7,9H,5,8,16H2,1-4H3,(H,19,20). The van der Waals surface area contributed by atoms with Crippen molar-refractivity contribution in [3.63, 3.8) is 0 Å². The summed E-state index contributed by atoms with van der Waals surface area (Å²) >= 11 is 0. The minimum absolute atomic E-state index is 0.0507. The van der Waals surface area contributed by atoms with Crippen molar-refractivity contribution in [3.8, 4) is 0 Å². The summed E-state index contributed by atoms with van der Waals surface area (Å²) in [6, 6.07) is 2.43. The van der Waals surface area contributed by atoms with Crippen molar-refractivity contribution < 1.29 is 14.3 Å². The Bertz CT molecular complexity index is 492. The number of rotatable bonds is 6. The molecule has 112 valence electrons. The molecule has 0 amide bonds. The van der Waals surface area contributed by atoms with Gasteiger partial charge in [0.2, 0.25) is 0 Å². The smallest absolute Gasteiger partial charge is 0.337 e. The summed E-state index contributed by atoms with van der Waals surface area (Å²) in [5, 5.41) is 9.09. The van der Waals surface area contributed by atoms with Gasteiger partial charge in [-0.05, 0) is 40.1 Å². The van der Waals surface area contributed by atoms with Crippen LogP contribution in [0, 0.1) is 5.82 Å². The quantitative estimate of drug-likeness (QED) is 0.780. The first-order valence-electron chi connectivity index (χ1n) is 6.51. The molecule has 0 heterocycles. The fraction of sp³-hybridized carbons (Fsp3) is 0.500. The molecule has 0 aromatic heterocycles. The van der Waals surface area contributed by atoms with E-state index in [-0.39, 0.29) is 23.0 Å². The normalized spacial score (nSPS) is 12.5. The summed E-state index contributed by atoms with van der Waals surface area (Å²) in [4.78, 5) is 14.9. The number of likely N-dealkylation sites (N-methyl/N-ethyl adjacent to an activating group) is 2. The number of nitrogen functional groups attached to an aromatic ring is 1. The van der Waals surface area contributed by atoms with Gasteiger partial charge in [-0.15, -0.1) is 0 Å². The monoisotopic (exact) mass is 283 g/mol. The Kier molecular flexibility index (Phi) is 5.33. The predicted octanol–water partition coefficient (Wildman–Crippen LogP) is 1.88. The van der Waals surface area contributed by atoms with E-state index in [1.54, 1.807) is 0 Å². The van der Waals surface area contributed by atoms with E-state index >= 15 is 0 Å². The Labute approximate surface area is 118 Å². The van der Waals surface area contributed by atoms with Crippen molar-refractivity contribution in [2.45, 2.75) is 19.9 Å². The summed E-state index contributed by atoms with van der Waals surface area (Å²) < 4.78 is 14.1. The van der Waals surface area contributed by atoms with E-state index in [1.165, 1.54) is 6.07 Å². The van der Waals surface area contributed by atoms with Gasteiger partial charge in [0.05, 0.1) is 11.3 Å². The van der Waals surface area contributed by atoms with Crippen LogP contribution in [0.3, 0.4) is 0 Å². The van der Waals surface area contributed by atoms with Crippen molar-refractivity contribution in [2.24, 2.45) is 0 Å². The Morgan fingerprint density at radius 1 is 1.45 bits per heavy atom. The van der Waals surface area contributed by atoms with Gasteiger partial charge in [0, 0.05) is 24.8 Å². The summed E-state index contributed by atoms with van der Waals surface area (Å²) in [5.41, 5.74) is 5.68. The van der Waals surface area contributed by atoms with Crippen molar-refractivity contribution >= 4 is 17.3 Å². The van der Waals surface area contributed by atoms with Gasteiger partial charge in [0.25, 0.3) is 0 Å². The van der Waals surface area contributed by atoms with Gasteiger partial charge < -0.3 is 20.6 Å². The molecule has 1 aromatic rings. The maximum atomic E-state index is 14.1. The molecule has 0 saturated carbocycles. The van der Waals surface area contributed by atoms with Gasteiger partial charge in [-0.1, -0.05) is 0 Å². The lowest BCUT2D eigenvalue weighted by Gasteiger charge is -2.32. The largest absolute Gasteiger partial charge is 0.478 e. The second-order valence-corrected chi connectivity index (χ2v) is 5.09. The zero-order valence-electron chi connectivity index (χ0n) is 12.4. The fourth-order valence-corrected chi connectivity index (χ4v) is 2.33. The van der Waals surface area contributed by atoms with Crippen molar-refractivity contribution in [2.75, 3.05) is 37.8 Å². The van der Waals surface area contributed by atoms with Gasteiger partial charge in [0.1, 0.15) is 5.82 Å². The van der Waals surface area contributed by atoms with Gasteiger partial charge >= 0.3 is 5.97 Å². The Hall–Kier alpha value is -1.82. The molecule has 20 heavy (non-hydrogen) atoms. The van der Waals surface area contributed by atoms with Crippen molar-refractivity contribution in [1.82, 2.24) is 4.90 Å². The number of carbonyl (C=O) groups is 1. The number of nitrogens with zero attached hydrogens (tertiary/aromatic N) is 2. The lowest BCUT2D eigenvalue weighted by Crippen LogP contribution is -2.40. The first-order valence-corrected chi connectivity index (χ1v) is 6.51. The molecule has 3 N–H and O–H groups in total. The maximum Gasteiger partial charge on any atom is 0.337 e. The molecule has 1 rings (SSSR count). The highest BCUT2D eigenvalue weighted by Gasteiger charge is 2.20. The maximum absolute atomic E-state index is 14.1. The molecule has 0 fully saturated rings. The van der Waals surface area contributed by atoms with Crippen LogP contribution >= 0.6 is 0 Å². The second-order valence-electron chi connectivity index (χ2n) is 5.09. The molecule has 0 aliphatic rings. The first kappa shape index (κ1) is 16.2. The van der Waals surface area contributed by atoms with E-state index in [1.807, 2.05) is 37.7 Å². The third kappa shape index (κ3) is 3.60. The molecule has 1 aromatic carbocycles. The van der Waals surface area contributed by atoms with Crippen LogP contribution in [0.2, 0.25) is 0 Å². The number of aromatic carboxylic acids is 1. The molecule has 0 spiro atoms. The molecule has 0 aliphatic carbocycles. The van der Waals surface area contributed by atoms with Crippen LogP contribution in [-0.2, 0) is 0 Å². The lowest BCUT2D eigenvalue weighted by molar-refractivity contribution is 0.0698. The third-order valence-corrected chi connectivity index (χ3v) is 3.16. The molecular weight excluding hydrogens is 261 g/mol. The van der Waals surface area contributed by atoms with Crippen LogP contribution in [0.1, 0.15) is 24.2 Å². The summed E-state index contributed by atoms with van der Waals surface area (Å²) in [6.45, 7) is 5.19. The molecule has 6 heteroatoms. The first-order chi connectivity index (χ1) is 9.27. The zero-order chi connectivity index (χ0) is 15.4. The fourth-order valence-electron chi connectivity index (χ4n) is 2.33. The third-order valence-electron chi connectivity index (χ3n) is 3.16. The highest BCUT2D eigenvalue weighted by atomic mass is 19.1. The zero-order valence-corrected chi connectivity index (χ0v) is 12.4. The van der Waals surface area contributed by atoms with Crippen molar-refractivity contribution in [1.29, 1.82) is 0 Å². The van der Waals surface area contributed by atoms with E-state index in [0.717, 1.165) is 12.6 Å². The van der Waals surface area contributed by atoms with Crippen LogP contribution in [0.5, 0.6) is 0 Å². The minimum atomic E-state index is -1.15. The Morgan fingerprint density at radius 2 is 2.05 bits per heavy atom. The van der Waals surface area contributed by atoms with Crippen molar-refractivity contribution in [3.05, 3.63) is 23.5 Å². The number of nitrogens with two attached hydrogens (primary N) is 1. The average molecular weight is 283 g/mol. The highest BCUT2D eigenvalue weighted by Crippen LogP contribution is 2.27. The van der Waals surface area contributed by atoms with Gasteiger partial charge in [0.15, 0.2) is 0 Å². The minimum Gasteiger partial charge on any atom is -0.478 e. The average Bonchev–Trinajstić information content (AvgIpc) is 2.31. The van der Waals surface area contributed by atoms with Crippen LogP contribution in [0.15, 0.2) is 12.1 Å². The number of anilines is 2. The number of benzene rings is 1. The SMILES string of the molecule is CCN(c1cc(C(=O)O)c(N)cc1F)C(C)CN(C)C.